The topological polar surface area (TPSA) is 104 Å². The zero-order valence-electron chi connectivity index (χ0n) is 23.1. The molecule has 0 aromatic carbocycles. The monoisotopic (exact) mass is 551 g/mol. The van der Waals surface area contributed by atoms with E-state index in [1.54, 1.807) is 12.4 Å². The molecule has 0 bridgehead atoms. The number of nitrogens with zero attached hydrogens (tertiary/aromatic N) is 3. The molecule has 0 spiro atoms. The van der Waals surface area contributed by atoms with Gasteiger partial charge >= 0.3 is 6.03 Å². The third kappa shape index (κ3) is 11.2. The first-order valence-electron chi connectivity index (χ1n) is 14.7. The summed E-state index contributed by atoms with van der Waals surface area (Å²) < 4.78 is 32.0. The number of pyridine rings is 1. The molecule has 1 aromatic rings. The molecule has 2 fully saturated rings. The van der Waals surface area contributed by atoms with E-state index < -0.39 is 10.9 Å². The summed E-state index contributed by atoms with van der Waals surface area (Å²) in [6.45, 7) is 6.20. The van der Waals surface area contributed by atoms with Crippen molar-refractivity contribution in [2.45, 2.75) is 95.6 Å². The normalized spacial score (nSPS) is 18.1. The third-order valence-electron chi connectivity index (χ3n) is 8.01. The first-order chi connectivity index (χ1) is 18.6. The van der Waals surface area contributed by atoms with Crippen molar-refractivity contribution >= 4 is 16.9 Å². The molecule has 0 atom stereocenters. The van der Waals surface area contributed by atoms with Crippen LogP contribution in [0.4, 0.5) is 4.79 Å². The fourth-order valence-electron chi connectivity index (χ4n) is 5.84. The Hall–Kier alpha value is -1.75. The maximum atomic E-state index is 12.4. The van der Waals surface area contributed by atoms with Crippen molar-refractivity contribution in [3.63, 3.8) is 0 Å². The van der Waals surface area contributed by atoms with Crippen molar-refractivity contribution in [3.05, 3.63) is 30.1 Å². The minimum atomic E-state index is -2.57. The van der Waals surface area contributed by atoms with E-state index in [2.05, 4.69) is 20.5 Å². The van der Waals surface area contributed by atoms with Crippen LogP contribution in [0.2, 0.25) is 0 Å². The second-order valence-electron chi connectivity index (χ2n) is 10.8. The summed E-state index contributed by atoms with van der Waals surface area (Å²) in [5.41, 5.74) is 0.807. The van der Waals surface area contributed by atoms with Gasteiger partial charge in [0.15, 0.2) is 0 Å². The number of amides is 2. The standard InChI is InChI=1S/C28H49N5O4S/c34-27(31-25-26-12-10-16-29-24-26)30-17-9-4-2-1-3-6-13-28(14-7-5-8-15-28)33(38(35)36)19-11-18-32-20-22-37-23-21-32/h10,12,16,24,38H,1-9,11,13-15,17-23,25H2,(H2,30,31,34). The molecule has 9 nitrogen and oxygen atoms in total. The van der Waals surface area contributed by atoms with Crippen molar-refractivity contribution in [3.8, 4) is 0 Å². The minimum absolute atomic E-state index is 0.141. The van der Waals surface area contributed by atoms with E-state index in [1.165, 1.54) is 6.42 Å². The molecule has 38 heavy (non-hydrogen) atoms. The summed E-state index contributed by atoms with van der Waals surface area (Å²) >= 11 is 0. The summed E-state index contributed by atoms with van der Waals surface area (Å²) in [6.07, 6.45) is 17.4. The van der Waals surface area contributed by atoms with Gasteiger partial charge in [0.1, 0.15) is 0 Å². The SMILES string of the molecule is O=C(NCCCCCCCCC1(N(CCCN2CCOCC2)[SH](=O)=O)CCCCC1)NCc1cccnc1. The Morgan fingerprint density at radius 2 is 1.74 bits per heavy atom. The molecular weight excluding hydrogens is 502 g/mol. The zero-order valence-corrected chi connectivity index (χ0v) is 24.0. The van der Waals surface area contributed by atoms with E-state index in [4.69, 9.17) is 4.74 Å². The highest BCUT2D eigenvalue weighted by Gasteiger charge is 2.38. The van der Waals surface area contributed by atoms with E-state index in [0.717, 1.165) is 115 Å². The van der Waals surface area contributed by atoms with Crippen LogP contribution in [0, 0.1) is 0 Å². The molecule has 1 saturated carbocycles. The van der Waals surface area contributed by atoms with E-state index in [0.29, 0.717) is 19.6 Å². The van der Waals surface area contributed by atoms with Crippen LogP contribution in [0.5, 0.6) is 0 Å². The summed E-state index contributed by atoms with van der Waals surface area (Å²) in [5.74, 6) is 0. The first kappa shape index (κ1) is 30.8. The Morgan fingerprint density at radius 3 is 2.45 bits per heavy atom. The van der Waals surface area contributed by atoms with E-state index in [1.807, 2.05) is 16.4 Å². The number of unbranched alkanes of at least 4 members (excludes halogenated alkanes) is 5. The van der Waals surface area contributed by atoms with Gasteiger partial charge in [-0.25, -0.2) is 13.2 Å². The number of hydrogen-bond acceptors (Lipinski definition) is 6. The molecule has 0 radical (unpaired) electrons. The maximum Gasteiger partial charge on any atom is 0.315 e. The molecule has 3 rings (SSSR count). The number of carbonyl (C=O) groups is 1. The lowest BCUT2D eigenvalue weighted by molar-refractivity contribution is 0.0348. The minimum Gasteiger partial charge on any atom is -0.379 e. The predicted molar refractivity (Wildman–Crippen MR) is 152 cm³/mol. The Kier molecular flexibility index (Phi) is 14.4. The molecule has 1 aliphatic carbocycles. The van der Waals surface area contributed by atoms with Crippen LogP contribution >= 0.6 is 0 Å². The number of carbonyl (C=O) groups excluding carboxylic acids is 1. The number of thiol groups is 1. The number of morpholine rings is 1. The van der Waals surface area contributed by atoms with Crippen molar-refractivity contribution in [2.75, 3.05) is 45.9 Å². The molecular formula is C28H49N5O4S. The zero-order chi connectivity index (χ0) is 26.9. The van der Waals surface area contributed by atoms with Gasteiger partial charge < -0.3 is 15.4 Å². The molecule has 2 N–H and O–H groups in total. The Balaban J connectivity index is 1.28. The van der Waals surface area contributed by atoms with Crippen molar-refractivity contribution in [1.29, 1.82) is 0 Å². The number of rotatable bonds is 17. The van der Waals surface area contributed by atoms with Gasteiger partial charge in [0.05, 0.1) is 13.2 Å². The fraction of sp³-hybridized carbons (Fsp3) is 0.786. The number of nitrogens with one attached hydrogen (secondary N) is 2. The average molecular weight is 552 g/mol. The van der Waals surface area contributed by atoms with E-state index >= 15 is 0 Å². The van der Waals surface area contributed by atoms with E-state index in [9.17, 15) is 13.2 Å². The summed E-state index contributed by atoms with van der Waals surface area (Å²) in [5, 5.41) is 5.78. The van der Waals surface area contributed by atoms with Gasteiger partial charge in [-0.2, -0.15) is 4.31 Å². The van der Waals surface area contributed by atoms with Gasteiger partial charge in [-0.05, 0) is 50.3 Å². The van der Waals surface area contributed by atoms with E-state index in [-0.39, 0.29) is 11.6 Å². The molecule has 2 heterocycles. The molecule has 1 aliphatic heterocycles. The van der Waals surface area contributed by atoms with Gasteiger partial charge in [-0.1, -0.05) is 57.4 Å². The highest BCUT2D eigenvalue weighted by atomic mass is 32.2. The lowest BCUT2D eigenvalue weighted by Crippen LogP contribution is -2.50. The number of aromatic nitrogens is 1. The Morgan fingerprint density at radius 1 is 1.00 bits per heavy atom. The lowest BCUT2D eigenvalue weighted by atomic mass is 9.78. The number of ether oxygens (including phenoxy) is 1. The third-order valence-corrected chi connectivity index (χ3v) is 9.03. The van der Waals surface area contributed by atoms with Crippen molar-refractivity contribution < 1.29 is 17.9 Å². The van der Waals surface area contributed by atoms with Crippen LogP contribution in [-0.4, -0.2) is 80.1 Å². The highest BCUT2D eigenvalue weighted by molar-refractivity contribution is 7.69. The summed E-state index contributed by atoms with van der Waals surface area (Å²) in [4.78, 5) is 18.4. The van der Waals surface area contributed by atoms with Crippen LogP contribution in [0.25, 0.3) is 0 Å². The molecule has 2 amide bonds. The largest absolute Gasteiger partial charge is 0.379 e. The van der Waals surface area contributed by atoms with Crippen LogP contribution < -0.4 is 10.6 Å². The number of hydrogen-bond donors (Lipinski definition) is 3. The van der Waals surface area contributed by atoms with Gasteiger partial charge in [-0.15, -0.1) is 0 Å². The summed E-state index contributed by atoms with van der Waals surface area (Å²) in [7, 11) is -2.57. The second kappa shape index (κ2) is 17.8. The van der Waals surface area contributed by atoms with Gasteiger partial charge in [0.25, 0.3) is 0 Å². The molecule has 0 unspecified atom stereocenters. The number of urea groups is 1. The Bertz CT molecular complexity index is 850. The predicted octanol–water partition coefficient (Wildman–Crippen LogP) is 3.87. The van der Waals surface area contributed by atoms with Gasteiger partial charge in [-0.3, -0.25) is 9.88 Å². The fourth-order valence-corrected chi connectivity index (χ4v) is 6.79. The van der Waals surface area contributed by atoms with Crippen LogP contribution in [0.1, 0.15) is 89.0 Å². The average Bonchev–Trinajstić information content (AvgIpc) is 2.94. The smallest absolute Gasteiger partial charge is 0.315 e. The molecule has 1 aromatic heterocycles. The maximum absolute atomic E-state index is 12.4. The van der Waals surface area contributed by atoms with Crippen LogP contribution in [-0.2, 0) is 22.2 Å². The van der Waals surface area contributed by atoms with Crippen molar-refractivity contribution in [2.24, 2.45) is 0 Å². The van der Waals surface area contributed by atoms with Crippen molar-refractivity contribution in [1.82, 2.24) is 24.8 Å². The Labute approximate surface area is 231 Å². The van der Waals surface area contributed by atoms with Crippen LogP contribution in [0.3, 0.4) is 0 Å². The molecule has 1 saturated heterocycles. The molecule has 216 valence electrons. The highest BCUT2D eigenvalue weighted by Crippen LogP contribution is 2.38. The quantitative estimate of drug-likeness (QED) is 0.201. The van der Waals surface area contributed by atoms with Gasteiger partial charge in [0.2, 0.25) is 10.9 Å². The van der Waals surface area contributed by atoms with Crippen LogP contribution in [0.15, 0.2) is 24.5 Å². The second-order valence-corrected chi connectivity index (χ2v) is 11.8. The van der Waals surface area contributed by atoms with Gasteiger partial charge in [0, 0.05) is 50.7 Å². The first-order valence-corrected chi connectivity index (χ1v) is 15.8. The lowest BCUT2D eigenvalue weighted by Gasteiger charge is -2.44. The molecule has 10 heteroatoms. The summed E-state index contributed by atoms with van der Waals surface area (Å²) in [6, 6.07) is 3.66. The molecule has 2 aliphatic rings.